The number of anilines is 2. The molecule has 0 spiro atoms. The van der Waals surface area contributed by atoms with Gasteiger partial charge in [0.2, 0.25) is 0 Å². The highest BCUT2D eigenvalue weighted by Gasteiger charge is 2.14. The molecule has 4 nitrogen and oxygen atoms in total. The Morgan fingerprint density at radius 2 is 1.79 bits per heavy atom. The third-order valence-electron chi connectivity index (χ3n) is 3.29. The second-order valence-electron chi connectivity index (χ2n) is 6.05. The highest BCUT2D eigenvalue weighted by molar-refractivity contribution is 5.56. The molecular weight excluding hydrogens is 236 g/mol. The zero-order chi connectivity index (χ0) is 14.4. The van der Waals surface area contributed by atoms with E-state index in [0.29, 0.717) is 17.8 Å². The first-order valence-corrected chi connectivity index (χ1v) is 7.28. The van der Waals surface area contributed by atoms with Crippen LogP contribution in [0.15, 0.2) is 6.33 Å². The van der Waals surface area contributed by atoms with Gasteiger partial charge in [-0.15, -0.1) is 0 Å². The number of hydrogen-bond acceptors (Lipinski definition) is 4. The van der Waals surface area contributed by atoms with E-state index in [2.05, 4.69) is 49.9 Å². The molecular formula is C15H28N4. The van der Waals surface area contributed by atoms with Crippen LogP contribution < -0.4 is 11.1 Å². The second-order valence-corrected chi connectivity index (χ2v) is 6.05. The molecule has 1 rings (SSSR count). The standard InChI is InChI=1S/C15H28N4/c1-10(2)7-6-8-12(5)19-15-13(11(3)4)14(16)17-9-18-15/h9-12H,6-8H2,1-5H3,(H3,16,17,18,19). The van der Waals surface area contributed by atoms with Crippen LogP contribution in [0.2, 0.25) is 0 Å². The predicted octanol–water partition coefficient (Wildman–Crippen LogP) is 3.81. The predicted molar refractivity (Wildman–Crippen MR) is 82.3 cm³/mol. The minimum Gasteiger partial charge on any atom is -0.383 e. The molecule has 0 aromatic carbocycles. The van der Waals surface area contributed by atoms with Gasteiger partial charge in [-0.3, -0.25) is 0 Å². The van der Waals surface area contributed by atoms with Gasteiger partial charge in [0.05, 0.1) is 0 Å². The van der Waals surface area contributed by atoms with Crippen molar-refractivity contribution in [3.05, 3.63) is 11.9 Å². The van der Waals surface area contributed by atoms with Crippen molar-refractivity contribution in [2.24, 2.45) is 5.92 Å². The van der Waals surface area contributed by atoms with E-state index in [-0.39, 0.29) is 0 Å². The first-order valence-electron chi connectivity index (χ1n) is 7.28. The summed E-state index contributed by atoms with van der Waals surface area (Å²) in [6.45, 7) is 11.0. The van der Waals surface area contributed by atoms with E-state index in [1.54, 1.807) is 0 Å². The Bertz CT molecular complexity index is 388. The molecule has 108 valence electrons. The van der Waals surface area contributed by atoms with Crippen LogP contribution in [-0.4, -0.2) is 16.0 Å². The van der Waals surface area contributed by atoms with Crippen LogP contribution >= 0.6 is 0 Å². The van der Waals surface area contributed by atoms with Gasteiger partial charge >= 0.3 is 0 Å². The summed E-state index contributed by atoms with van der Waals surface area (Å²) in [4.78, 5) is 8.42. The minimum atomic E-state index is 0.326. The normalized spacial score (nSPS) is 13.0. The first kappa shape index (κ1) is 15.7. The van der Waals surface area contributed by atoms with E-state index in [1.807, 2.05) is 0 Å². The van der Waals surface area contributed by atoms with Gasteiger partial charge in [-0.1, -0.05) is 40.5 Å². The van der Waals surface area contributed by atoms with Crippen molar-refractivity contribution >= 4 is 11.6 Å². The number of nitrogens with zero attached hydrogens (tertiary/aromatic N) is 2. The van der Waals surface area contributed by atoms with Gasteiger partial charge < -0.3 is 11.1 Å². The average Bonchev–Trinajstić information content (AvgIpc) is 2.27. The van der Waals surface area contributed by atoms with Crippen LogP contribution in [-0.2, 0) is 0 Å². The molecule has 19 heavy (non-hydrogen) atoms. The molecule has 1 atom stereocenters. The van der Waals surface area contributed by atoms with Crippen LogP contribution in [0.3, 0.4) is 0 Å². The Hall–Kier alpha value is -1.32. The summed E-state index contributed by atoms with van der Waals surface area (Å²) < 4.78 is 0. The maximum absolute atomic E-state index is 5.95. The molecule has 1 heterocycles. The van der Waals surface area contributed by atoms with Crippen molar-refractivity contribution in [3.63, 3.8) is 0 Å². The van der Waals surface area contributed by atoms with Crippen molar-refractivity contribution in [1.82, 2.24) is 9.97 Å². The van der Waals surface area contributed by atoms with E-state index in [0.717, 1.165) is 23.7 Å². The van der Waals surface area contributed by atoms with E-state index in [4.69, 9.17) is 5.73 Å². The summed E-state index contributed by atoms with van der Waals surface area (Å²) in [5.74, 6) is 2.57. The Kier molecular flexibility index (Phi) is 6.06. The molecule has 0 aliphatic rings. The quantitative estimate of drug-likeness (QED) is 0.786. The van der Waals surface area contributed by atoms with E-state index >= 15 is 0 Å². The van der Waals surface area contributed by atoms with Gasteiger partial charge in [0.25, 0.3) is 0 Å². The zero-order valence-corrected chi connectivity index (χ0v) is 12.9. The zero-order valence-electron chi connectivity index (χ0n) is 12.9. The van der Waals surface area contributed by atoms with Gasteiger partial charge in [0, 0.05) is 11.6 Å². The lowest BCUT2D eigenvalue weighted by atomic mass is 10.0. The van der Waals surface area contributed by atoms with Crippen LogP contribution in [0.25, 0.3) is 0 Å². The number of rotatable bonds is 7. The third-order valence-corrected chi connectivity index (χ3v) is 3.29. The second kappa shape index (κ2) is 7.31. The van der Waals surface area contributed by atoms with Crippen LogP contribution in [0, 0.1) is 5.92 Å². The monoisotopic (exact) mass is 264 g/mol. The number of nitrogen functional groups attached to an aromatic ring is 1. The molecule has 1 aromatic heterocycles. The first-order chi connectivity index (χ1) is 8.91. The summed E-state index contributed by atoms with van der Waals surface area (Å²) >= 11 is 0. The molecule has 0 fully saturated rings. The molecule has 4 heteroatoms. The molecule has 0 aliphatic heterocycles. The minimum absolute atomic E-state index is 0.326. The Balaban J connectivity index is 2.63. The van der Waals surface area contributed by atoms with E-state index in [9.17, 15) is 0 Å². The fourth-order valence-electron chi connectivity index (χ4n) is 2.23. The molecule has 1 aromatic rings. The SMILES string of the molecule is CC(C)CCCC(C)Nc1ncnc(N)c1C(C)C. The number of aromatic nitrogens is 2. The molecule has 1 unspecified atom stereocenters. The van der Waals surface area contributed by atoms with Crippen molar-refractivity contribution in [2.75, 3.05) is 11.1 Å². The van der Waals surface area contributed by atoms with Crippen LogP contribution in [0.5, 0.6) is 0 Å². The van der Waals surface area contributed by atoms with Gasteiger partial charge in [0.15, 0.2) is 0 Å². The maximum atomic E-state index is 5.95. The number of hydrogen-bond donors (Lipinski definition) is 2. The summed E-state index contributed by atoms with van der Waals surface area (Å²) in [7, 11) is 0. The lowest BCUT2D eigenvalue weighted by Crippen LogP contribution is -2.18. The van der Waals surface area contributed by atoms with Crippen molar-refractivity contribution in [1.29, 1.82) is 0 Å². The molecule has 3 N–H and O–H groups in total. The molecule has 0 amide bonds. The fraction of sp³-hybridized carbons (Fsp3) is 0.733. The molecule has 0 saturated heterocycles. The van der Waals surface area contributed by atoms with Gasteiger partial charge in [-0.25, -0.2) is 9.97 Å². The Morgan fingerprint density at radius 3 is 2.37 bits per heavy atom. The van der Waals surface area contributed by atoms with Crippen molar-refractivity contribution in [2.45, 2.75) is 65.8 Å². The number of nitrogens with one attached hydrogen (secondary N) is 1. The molecule has 0 saturated carbocycles. The smallest absolute Gasteiger partial charge is 0.135 e. The largest absolute Gasteiger partial charge is 0.383 e. The average molecular weight is 264 g/mol. The molecule has 0 radical (unpaired) electrons. The van der Waals surface area contributed by atoms with Crippen molar-refractivity contribution in [3.8, 4) is 0 Å². The van der Waals surface area contributed by atoms with Gasteiger partial charge in [-0.05, 0) is 25.2 Å². The number of nitrogens with two attached hydrogens (primary N) is 1. The van der Waals surface area contributed by atoms with Crippen LogP contribution in [0.4, 0.5) is 11.6 Å². The Morgan fingerprint density at radius 1 is 1.11 bits per heavy atom. The highest BCUT2D eigenvalue weighted by atomic mass is 15.1. The maximum Gasteiger partial charge on any atom is 0.135 e. The van der Waals surface area contributed by atoms with Crippen molar-refractivity contribution < 1.29 is 0 Å². The van der Waals surface area contributed by atoms with Crippen LogP contribution in [0.1, 0.15) is 65.4 Å². The lowest BCUT2D eigenvalue weighted by Gasteiger charge is -2.19. The highest BCUT2D eigenvalue weighted by Crippen LogP contribution is 2.27. The summed E-state index contributed by atoms with van der Waals surface area (Å²) in [5.41, 5.74) is 6.97. The van der Waals surface area contributed by atoms with E-state index in [1.165, 1.54) is 19.2 Å². The fourth-order valence-corrected chi connectivity index (χ4v) is 2.23. The third kappa shape index (κ3) is 5.05. The topological polar surface area (TPSA) is 63.8 Å². The molecule has 0 bridgehead atoms. The lowest BCUT2D eigenvalue weighted by molar-refractivity contribution is 0.519. The molecule has 0 aliphatic carbocycles. The van der Waals surface area contributed by atoms with Gasteiger partial charge in [-0.2, -0.15) is 0 Å². The summed E-state index contributed by atoms with van der Waals surface area (Å²) in [6.07, 6.45) is 5.20. The summed E-state index contributed by atoms with van der Waals surface area (Å²) in [6, 6.07) is 0.408. The van der Waals surface area contributed by atoms with E-state index < -0.39 is 0 Å². The summed E-state index contributed by atoms with van der Waals surface area (Å²) in [5, 5.41) is 3.48. The van der Waals surface area contributed by atoms with Gasteiger partial charge in [0.1, 0.15) is 18.0 Å². The Labute approximate surface area is 117 Å².